The Morgan fingerprint density at radius 3 is 2.65 bits per heavy atom. The quantitative estimate of drug-likeness (QED) is 0.913. The Hall–Kier alpha value is -1.40. The molecule has 0 aliphatic carbocycles. The molecule has 1 amide bonds. The van der Waals surface area contributed by atoms with Gasteiger partial charge in [-0.1, -0.05) is 18.6 Å². The highest BCUT2D eigenvalue weighted by molar-refractivity contribution is 7.89. The first kappa shape index (κ1) is 15.0. The maximum Gasteiger partial charge on any atom is 0.244 e. The second kappa shape index (κ2) is 5.54. The van der Waals surface area contributed by atoms with E-state index in [1.54, 1.807) is 19.1 Å². The second-order valence-corrected chi connectivity index (χ2v) is 7.16. The van der Waals surface area contributed by atoms with Gasteiger partial charge in [-0.2, -0.15) is 4.31 Å². The van der Waals surface area contributed by atoms with Crippen LogP contribution in [-0.2, 0) is 14.8 Å². The third kappa shape index (κ3) is 2.71. The summed E-state index contributed by atoms with van der Waals surface area (Å²) in [6, 6.07) is 4.58. The van der Waals surface area contributed by atoms with Crippen LogP contribution in [0.25, 0.3) is 0 Å². The van der Waals surface area contributed by atoms with Gasteiger partial charge in [0.05, 0.1) is 4.90 Å². The van der Waals surface area contributed by atoms with Gasteiger partial charge in [-0.15, -0.1) is 0 Å². The molecule has 1 aromatic rings. The van der Waals surface area contributed by atoms with E-state index in [2.05, 4.69) is 0 Å². The van der Waals surface area contributed by atoms with Gasteiger partial charge >= 0.3 is 0 Å². The standard InChI is InChI=1S/C14H20N2O3S/c1-10-6-7-11(2)13(9-10)20(18,19)16-8-4-3-5-12(16)14(15)17/h6-7,9,12H,3-5,8H2,1-2H3,(H2,15,17)/t12-/m0/s1. The summed E-state index contributed by atoms with van der Waals surface area (Å²) in [5.41, 5.74) is 6.92. The van der Waals surface area contributed by atoms with E-state index in [0.717, 1.165) is 18.4 Å². The Balaban J connectivity index is 2.47. The first-order chi connectivity index (χ1) is 9.34. The van der Waals surface area contributed by atoms with Crippen molar-refractivity contribution in [2.75, 3.05) is 6.54 Å². The van der Waals surface area contributed by atoms with E-state index in [1.165, 1.54) is 4.31 Å². The molecular formula is C14H20N2O3S. The van der Waals surface area contributed by atoms with E-state index < -0.39 is 22.0 Å². The van der Waals surface area contributed by atoms with Crippen molar-refractivity contribution in [1.29, 1.82) is 0 Å². The Morgan fingerprint density at radius 1 is 1.30 bits per heavy atom. The van der Waals surface area contributed by atoms with Crippen LogP contribution in [0.5, 0.6) is 0 Å². The Bertz CT molecular complexity index is 625. The van der Waals surface area contributed by atoms with Crippen molar-refractivity contribution in [2.24, 2.45) is 5.73 Å². The van der Waals surface area contributed by atoms with E-state index in [-0.39, 0.29) is 4.90 Å². The molecule has 2 N–H and O–H groups in total. The number of carbonyl (C=O) groups is 1. The molecule has 6 heteroatoms. The number of nitrogens with zero attached hydrogens (tertiary/aromatic N) is 1. The highest BCUT2D eigenvalue weighted by Gasteiger charge is 2.37. The zero-order chi connectivity index (χ0) is 14.9. The predicted octanol–water partition coefficient (Wildman–Crippen LogP) is 1.33. The van der Waals surface area contributed by atoms with Gasteiger partial charge in [0, 0.05) is 6.54 Å². The lowest BCUT2D eigenvalue weighted by Crippen LogP contribution is -2.50. The third-order valence-corrected chi connectivity index (χ3v) is 5.76. The lowest BCUT2D eigenvalue weighted by Gasteiger charge is -2.33. The smallest absolute Gasteiger partial charge is 0.244 e. The third-order valence-electron chi connectivity index (χ3n) is 3.71. The van der Waals surface area contributed by atoms with Crippen LogP contribution in [-0.4, -0.2) is 31.2 Å². The van der Waals surface area contributed by atoms with Crippen molar-refractivity contribution in [3.8, 4) is 0 Å². The molecule has 20 heavy (non-hydrogen) atoms. The second-order valence-electron chi connectivity index (χ2n) is 5.30. The molecule has 0 spiro atoms. The molecule has 110 valence electrons. The maximum atomic E-state index is 12.8. The van der Waals surface area contributed by atoms with Gasteiger partial charge in [0.15, 0.2) is 0 Å². The van der Waals surface area contributed by atoms with E-state index in [0.29, 0.717) is 18.5 Å². The number of nitrogens with two attached hydrogens (primary N) is 1. The van der Waals surface area contributed by atoms with Gasteiger partial charge in [-0.25, -0.2) is 8.42 Å². The van der Waals surface area contributed by atoms with Crippen molar-refractivity contribution in [1.82, 2.24) is 4.31 Å². The fourth-order valence-electron chi connectivity index (χ4n) is 2.59. The first-order valence-corrected chi connectivity index (χ1v) is 8.16. The van der Waals surface area contributed by atoms with Crippen molar-refractivity contribution in [3.63, 3.8) is 0 Å². The number of benzene rings is 1. The SMILES string of the molecule is Cc1ccc(C)c(S(=O)(=O)N2CCCC[C@H]2C(N)=O)c1. The number of carbonyl (C=O) groups excluding carboxylic acids is 1. The summed E-state index contributed by atoms with van der Waals surface area (Å²) < 4.78 is 26.9. The van der Waals surface area contributed by atoms with E-state index in [9.17, 15) is 13.2 Å². The predicted molar refractivity (Wildman–Crippen MR) is 76.6 cm³/mol. The molecule has 2 rings (SSSR count). The maximum absolute atomic E-state index is 12.8. The minimum atomic E-state index is -3.68. The number of aryl methyl sites for hydroxylation is 2. The molecule has 0 aromatic heterocycles. The molecule has 0 saturated carbocycles. The number of primary amides is 1. The van der Waals surface area contributed by atoms with E-state index >= 15 is 0 Å². The van der Waals surface area contributed by atoms with Gasteiger partial charge in [0.1, 0.15) is 6.04 Å². The van der Waals surface area contributed by atoms with E-state index in [1.807, 2.05) is 13.0 Å². The fourth-order valence-corrected chi connectivity index (χ4v) is 4.56. The molecule has 0 radical (unpaired) electrons. The topological polar surface area (TPSA) is 80.5 Å². The van der Waals surface area contributed by atoms with Gasteiger partial charge in [0.2, 0.25) is 15.9 Å². The minimum Gasteiger partial charge on any atom is -0.368 e. The van der Waals surface area contributed by atoms with Crippen LogP contribution >= 0.6 is 0 Å². The first-order valence-electron chi connectivity index (χ1n) is 6.72. The number of rotatable bonds is 3. The zero-order valence-corrected chi connectivity index (χ0v) is 12.6. The number of amides is 1. The molecule has 0 unspecified atom stereocenters. The molecule has 1 aromatic carbocycles. The van der Waals surface area contributed by atoms with Gasteiger partial charge in [-0.3, -0.25) is 4.79 Å². The lowest BCUT2D eigenvalue weighted by atomic mass is 10.0. The summed E-state index contributed by atoms with van der Waals surface area (Å²) in [6.45, 7) is 3.96. The number of hydrogen-bond donors (Lipinski definition) is 1. The van der Waals surface area contributed by atoms with Crippen LogP contribution in [0.15, 0.2) is 23.1 Å². The van der Waals surface area contributed by atoms with E-state index in [4.69, 9.17) is 5.73 Å². The summed E-state index contributed by atoms with van der Waals surface area (Å²) in [4.78, 5) is 11.8. The van der Waals surface area contributed by atoms with Crippen LogP contribution < -0.4 is 5.73 Å². The molecule has 1 atom stereocenters. The fraction of sp³-hybridized carbons (Fsp3) is 0.500. The summed E-state index contributed by atoms with van der Waals surface area (Å²) in [5.74, 6) is -0.571. The Morgan fingerprint density at radius 2 is 2.00 bits per heavy atom. The Kier molecular flexibility index (Phi) is 4.15. The largest absolute Gasteiger partial charge is 0.368 e. The normalized spacial score (nSPS) is 20.8. The molecular weight excluding hydrogens is 276 g/mol. The van der Waals surface area contributed by atoms with Crippen molar-refractivity contribution in [2.45, 2.75) is 44.0 Å². The van der Waals surface area contributed by atoms with Gasteiger partial charge in [-0.05, 0) is 43.9 Å². The minimum absolute atomic E-state index is 0.269. The molecule has 1 aliphatic heterocycles. The number of piperidine rings is 1. The van der Waals surface area contributed by atoms with Gasteiger partial charge in [0.25, 0.3) is 0 Å². The van der Waals surface area contributed by atoms with Crippen LogP contribution in [0, 0.1) is 13.8 Å². The molecule has 1 fully saturated rings. The zero-order valence-electron chi connectivity index (χ0n) is 11.8. The summed E-state index contributed by atoms with van der Waals surface area (Å²) >= 11 is 0. The molecule has 1 aliphatic rings. The monoisotopic (exact) mass is 296 g/mol. The number of hydrogen-bond acceptors (Lipinski definition) is 3. The molecule has 0 bridgehead atoms. The average molecular weight is 296 g/mol. The van der Waals surface area contributed by atoms with Crippen LogP contribution in [0.2, 0.25) is 0 Å². The summed E-state index contributed by atoms with van der Waals surface area (Å²) in [6.07, 6.45) is 2.08. The van der Waals surface area contributed by atoms with Crippen molar-refractivity contribution in [3.05, 3.63) is 29.3 Å². The number of sulfonamides is 1. The van der Waals surface area contributed by atoms with Crippen LogP contribution in [0.1, 0.15) is 30.4 Å². The van der Waals surface area contributed by atoms with Crippen molar-refractivity contribution < 1.29 is 13.2 Å². The average Bonchev–Trinajstić information content (AvgIpc) is 2.41. The van der Waals surface area contributed by atoms with Crippen molar-refractivity contribution >= 4 is 15.9 Å². The Labute approximate surface area is 119 Å². The lowest BCUT2D eigenvalue weighted by molar-refractivity contribution is -0.122. The molecule has 5 nitrogen and oxygen atoms in total. The van der Waals surface area contributed by atoms with Crippen LogP contribution in [0.3, 0.4) is 0 Å². The highest BCUT2D eigenvalue weighted by Crippen LogP contribution is 2.27. The molecule has 1 heterocycles. The summed E-state index contributed by atoms with van der Waals surface area (Å²) in [5, 5.41) is 0. The molecule has 1 saturated heterocycles. The van der Waals surface area contributed by atoms with Gasteiger partial charge < -0.3 is 5.73 Å². The highest BCUT2D eigenvalue weighted by atomic mass is 32.2. The summed E-state index contributed by atoms with van der Waals surface area (Å²) in [7, 11) is -3.68. The van der Waals surface area contributed by atoms with Crippen LogP contribution in [0.4, 0.5) is 0 Å².